The topological polar surface area (TPSA) is 187 Å². The highest BCUT2D eigenvalue weighted by molar-refractivity contribution is 6.22. The van der Waals surface area contributed by atoms with E-state index in [4.69, 9.17) is 21.0 Å². The van der Waals surface area contributed by atoms with Crippen LogP contribution in [0.5, 0.6) is 11.8 Å². The van der Waals surface area contributed by atoms with Crippen LogP contribution in [0.4, 0.5) is 0 Å². The van der Waals surface area contributed by atoms with Crippen LogP contribution >= 0.6 is 0 Å². The number of nitrogens with two attached hydrogens (primary N) is 1. The zero-order valence-electron chi connectivity index (χ0n) is 34.6. The van der Waals surface area contributed by atoms with Crippen LogP contribution in [0.1, 0.15) is 93.6 Å². The molecule has 2 aliphatic rings. The van der Waals surface area contributed by atoms with Gasteiger partial charge in [-0.3, -0.25) is 19.6 Å². The summed E-state index contributed by atoms with van der Waals surface area (Å²) >= 11 is 0. The summed E-state index contributed by atoms with van der Waals surface area (Å²) in [4.78, 5) is 44.7. The van der Waals surface area contributed by atoms with E-state index in [1.165, 1.54) is 6.92 Å². The maximum absolute atomic E-state index is 11.9. The number of rotatable bonds is 9. The van der Waals surface area contributed by atoms with Gasteiger partial charge in [0.25, 0.3) is 0 Å². The van der Waals surface area contributed by atoms with Gasteiger partial charge in [-0.1, -0.05) is 36.4 Å². The van der Waals surface area contributed by atoms with E-state index >= 15 is 0 Å². The Morgan fingerprint density at radius 2 is 1.05 bits per heavy atom. The largest absolute Gasteiger partial charge is 0.494 e. The first-order valence-electron chi connectivity index (χ1n) is 20.5. The number of Topliss-reactive ketones (excluding diaryl/α,β-unsaturated/α-hetero) is 2. The summed E-state index contributed by atoms with van der Waals surface area (Å²) in [6, 6.07) is 28.5. The first kappa shape index (κ1) is 41.8. The van der Waals surface area contributed by atoms with E-state index in [2.05, 4.69) is 39.9 Å². The van der Waals surface area contributed by atoms with Crippen molar-refractivity contribution < 1.29 is 19.8 Å². The van der Waals surface area contributed by atoms with E-state index in [-0.39, 0.29) is 35.4 Å². The normalized spacial score (nSPS) is 16.1. The van der Waals surface area contributed by atoms with E-state index in [1.54, 1.807) is 43.3 Å². The number of aliphatic imine (C=N–C) groups is 2. The molecule has 2 aromatic heterocycles. The third kappa shape index (κ3) is 9.24. The van der Waals surface area contributed by atoms with Crippen molar-refractivity contribution in [3.05, 3.63) is 129 Å². The number of piperidine rings is 2. The molecule has 0 unspecified atom stereocenters. The van der Waals surface area contributed by atoms with Crippen molar-refractivity contribution >= 4 is 44.8 Å². The third-order valence-electron chi connectivity index (χ3n) is 11.6. The van der Waals surface area contributed by atoms with Crippen molar-refractivity contribution in [3.8, 4) is 17.8 Å². The first-order valence-corrected chi connectivity index (χ1v) is 20.5. The molecular weight excluding hydrogens is 753 g/mol. The molecule has 0 aliphatic carbocycles. The van der Waals surface area contributed by atoms with Crippen molar-refractivity contribution in [1.29, 1.82) is 5.26 Å². The zero-order chi connectivity index (χ0) is 42.5. The summed E-state index contributed by atoms with van der Waals surface area (Å²) < 4.78 is 0. The Morgan fingerprint density at radius 3 is 1.42 bits per heavy atom. The van der Waals surface area contributed by atoms with Crippen molar-refractivity contribution in [2.75, 3.05) is 40.3 Å². The van der Waals surface area contributed by atoms with Gasteiger partial charge in [0.15, 0.2) is 23.3 Å². The number of ketones is 2. The summed E-state index contributed by atoms with van der Waals surface area (Å²) in [5, 5.41) is 32.3. The number of benzene rings is 4. The second-order valence-electron chi connectivity index (χ2n) is 15.9. The van der Waals surface area contributed by atoms with Crippen LogP contribution in [0, 0.1) is 11.3 Å². The summed E-state index contributed by atoms with van der Waals surface area (Å²) in [7, 11) is 4.23. The predicted molar refractivity (Wildman–Crippen MR) is 238 cm³/mol. The Bertz CT molecular complexity index is 2620. The van der Waals surface area contributed by atoms with Gasteiger partial charge in [-0.2, -0.15) is 5.26 Å². The molecule has 0 amide bonds. The SMILES string of the molecule is CC(=O)c1ccc2[nH]c(O)c(C(=NC3CCN(C)CC3)c3ccc(C#N)cc3)c2c1.CC(=O)c1ccc2[nH]c(O)c(C(=NC3CCN(C)CC3)c3ccc(CN)cc3)c2c1. The number of H-pyrrole nitrogens is 2. The Labute approximate surface area is 350 Å². The van der Waals surface area contributed by atoms with Gasteiger partial charge in [-0.05, 0) is 134 Å². The number of aromatic amines is 2. The zero-order valence-corrected chi connectivity index (χ0v) is 34.6. The molecule has 12 nitrogen and oxygen atoms in total. The molecule has 4 aromatic carbocycles. The van der Waals surface area contributed by atoms with Crippen molar-refractivity contribution in [1.82, 2.24) is 19.8 Å². The molecule has 6 aromatic rings. The minimum atomic E-state index is -0.0317. The molecule has 4 heterocycles. The van der Waals surface area contributed by atoms with Crippen molar-refractivity contribution in [2.45, 2.75) is 58.2 Å². The van der Waals surface area contributed by atoms with Crippen molar-refractivity contribution in [3.63, 3.8) is 0 Å². The molecule has 0 atom stereocenters. The van der Waals surface area contributed by atoms with Crippen LogP contribution in [0.15, 0.2) is 94.9 Å². The molecule has 0 spiro atoms. The Balaban J connectivity index is 0.000000181. The molecule has 2 fully saturated rings. The maximum Gasteiger partial charge on any atom is 0.199 e. The number of nitrogens with one attached hydrogen (secondary N) is 2. The molecule has 8 rings (SSSR count). The number of hydrogen-bond donors (Lipinski definition) is 5. The lowest BCUT2D eigenvalue weighted by Gasteiger charge is -2.27. The van der Waals surface area contributed by atoms with Crippen LogP contribution in [-0.2, 0) is 6.54 Å². The molecule has 60 heavy (non-hydrogen) atoms. The quantitative estimate of drug-likeness (QED) is 0.0742. The summed E-state index contributed by atoms with van der Waals surface area (Å²) in [5.41, 5.74) is 14.5. The van der Waals surface area contributed by atoms with Gasteiger partial charge in [0.05, 0.1) is 46.3 Å². The van der Waals surface area contributed by atoms with Crippen LogP contribution < -0.4 is 5.73 Å². The number of carbonyl (C=O) groups excluding carboxylic acids is 2. The lowest BCUT2D eigenvalue weighted by Crippen LogP contribution is -2.32. The number of carbonyl (C=O) groups is 2. The van der Waals surface area contributed by atoms with Gasteiger partial charge in [-0.25, -0.2) is 0 Å². The number of aromatic hydroxyl groups is 2. The van der Waals surface area contributed by atoms with E-state index < -0.39 is 0 Å². The van der Waals surface area contributed by atoms with Gasteiger partial charge in [0, 0.05) is 50.6 Å². The van der Waals surface area contributed by atoms with Gasteiger partial charge < -0.3 is 35.7 Å². The highest BCUT2D eigenvalue weighted by atomic mass is 16.3. The second kappa shape index (κ2) is 18.3. The summed E-state index contributed by atoms with van der Waals surface area (Å²) in [6.45, 7) is 7.51. The smallest absolute Gasteiger partial charge is 0.199 e. The maximum atomic E-state index is 11.9. The molecule has 2 aliphatic heterocycles. The van der Waals surface area contributed by atoms with E-state index in [1.807, 2.05) is 48.5 Å². The average Bonchev–Trinajstić information content (AvgIpc) is 3.77. The van der Waals surface area contributed by atoms with E-state index in [0.29, 0.717) is 40.1 Å². The van der Waals surface area contributed by atoms with Gasteiger partial charge in [0.2, 0.25) is 0 Å². The van der Waals surface area contributed by atoms with Crippen LogP contribution in [0.3, 0.4) is 0 Å². The van der Waals surface area contributed by atoms with E-state index in [9.17, 15) is 19.8 Å². The number of nitrogens with zero attached hydrogens (tertiary/aromatic N) is 5. The first-order chi connectivity index (χ1) is 28.9. The Kier molecular flexibility index (Phi) is 12.7. The fourth-order valence-corrected chi connectivity index (χ4v) is 7.95. The molecule has 12 heteroatoms. The molecule has 6 N–H and O–H groups in total. The van der Waals surface area contributed by atoms with Gasteiger partial charge >= 0.3 is 0 Å². The van der Waals surface area contributed by atoms with Crippen LogP contribution in [0.25, 0.3) is 21.8 Å². The minimum Gasteiger partial charge on any atom is -0.494 e. The summed E-state index contributed by atoms with van der Waals surface area (Å²) in [6.07, 6.45) is 3.83. The number of likely N-dealkylation sites (tertiary alicyclic amines) is 2. The third-order valence-corrected chi connectivity index (χ3v) is 11.6. The standard InChI is InChI=1S/C24H28N4O2.C24H24N4O2/c2*1-15(29)18-7-8-21-20(13-18)22(24(30)27-21)23(17-5-3-16(14-25)4-6-17)26-19-9-11-28(2)12-10-19/h3-8,13,19,27,30H,9-12,14,25H2,1-2H3;3-8,13,19,27,30H,9-12H2,1-2H3. The lowest BCUT2D eigenvalue weighted by atomic mass is 9.97. The number of hydrogen-bond acceptors (Lipinski definition) is 10. The molecule has 2 saturated heterocycles. The molecule has 0 bridgehead atoms. The highest BCUT2D eigenvalue weighted by Gasteiger charge is 2.25. The fourth-order valence-electron chi connectivity index (χ4n) is 7.95. The molecular formula is C48H52N8O4. The second-order valence-corrected chi connectivity index (χ2v) is 15.9. The average molecular weight is 805 g/mol. The van der Waals surface area contributed by atoms with Gasteiger partial charge in [-0.15, -0.1) is 0 Å². The molecule has 0 radical (unpaired) electrons. The van der Waals surface area contributed by atoms with Crippen LogP contribution in [0.2, 0.25) is 0 Å². The lowest BCUT2D eigenvalue weighted by molar-refractivity contribution is 0.100. The predicted octanol–water partition coefficient (Wildman–Crippen LogP) is 7.35. The number of nitriles is 1. The van der Waals surface area contributed by atoms with Crippen LogP contribution in [-0.4, -0.2) is 105 Å². The Morgan fingerprint density at radius 1 is 0.667 bits per heavy atom. The monoisotopic (exact) mass is 804 g/mol. The minimum absolute atomic E-state index is 0.00959. The van der Waals surface area contributed by atoms with Crippen molar-refractivity contribution in [2.24, 2.45) is 15.7 Å². The number of aromatic nitrogens is 2. The summed E-state index contributed by atoms with van der Waals surface area (Å²) in [5.74, 6) is 0.0578. The fraction of sp³-hybridized carbons (Fsp3) is 0.312. The van der Waals surface area contributed by atoms with Gasteiger partial charge in [0.1, 0.15) is 0 Å². The van der Waals surface area contributed by atoms with E-state index in [0.717, 1.165) is 96.1 Å². The highest BCUT2D eigenvalue weighted by Crippen LogP contribution is 2.34. The number of fused-ring (bicyclic) bond motifs is 2. The molecule has 308 valence electrons. The Hall–Kier alpha value is -6.39. The molecule has 0 saturated carbocycles.